The number of hydrogen-bond acceptors (Lipinski definition) is 1. The molecular formula is C22H32F2O. The van der Waals surface area contributed by atoms with Crippen LogP contribution < -0.4 is 0 Å². The van der Waals surface area contributed by atoms with Crippen molar-refractivity contribution in [3.63, 3.8) is 0 Å². The number of benzene rings is 1. The van der Waals surface area contributed by atoms with Crippen molar-refractivity contribution in [2.75, 3.05) is 6.61 Å². The second kappa shape index (κ2) is 8.62. The van der Waals surface area contributed by atoms with Gasteiger partial charge in [0, 0.05) is 6.61 Å². The van der Waals surface area contributed by atoms with Gasteiger partial charge in [0.1, 0.15) is 0 Å². The molecule has 0 spiro atoms. The molecule has 140 valence electrons. The normalized spacial score (nSPS) is 29.4. The quantitative estimate of drug-likeness (QED) is 0.530. The Bertz CT molecular complexity index is 571. The molecule has 2 aliphatic carbocycles. The molecule has 0 amide bonds. The number of aryl methyl sites for hydroxylation is 1. The largest absolute Gasteiger partial charge is 0.378 e. The second-order valence-electron chi connectivity index (χ2n) is 8.14. The molecule has 3 rings (SSSR count). The Morgan fingerprint density at radius 2 is 1.72 bits per heavy atom. The van der Waals surface area contributed by atoms with Crippen LogP contribution in [0.1, 0.15) is 81.8 Å². The molecule has 0 aliphatic heterocycles. The van der Waals surface area contributed by atoms with E-state index in [0.29, 0.717) is 29.1 Å². The summed E-state index contributed by atoms with van der Waals surface area (Å²) in [5.41, 5.74) is 0.996. The molecule has 4 atom stereocenters. The van der Waals surface area contributed by atoms with Crippen molar-refractivity contribution in [3.05, 3.63) is 34.9 Å². The number of ether oxygens (including phenoxy) is 1. The molecule has 2 fully saturated rings. The van der Waals surface area contributed by atoms with E-state index in [4.69, 9.17) is 4.74 Å². The molecular weight excluding hydrogens is 318 g/mol. The Hall–Kier alpha value is -0.960. The summed E-state index contributed by atoms with van der Waals surface area (Å²) in [7, 11) is 0. The zero-order valence-electron chi connectivity index (χ0n) is 15.7. The Kier molecular flexibility index (Phi) is 6.49. The number of hydrogen-bond donors (Lipinski definition) is 0. The van der Waals surface area contributed by atoms with Crippen LogP contribution in [0.2, 0.25) is 0 Å². The Morgan fingerprint density at radius 1 is 0.960 bits per heavy atom. The molecule has 0 saturated heterocycles. The lowest BCUT2D eigenvalue weighted by Crippen LogP contribution is -2.34. The zero-order chi connectivity index (χ0) is 17.8. The summed E-state index contributed by atoms with van der Waals surface area (Å²) in [4.78, 5) is 0. The maximum Gasteiger partial charge on any atom is 0.162 e. The average molecular weight is 350 g/mol. The summed E-state index contributed by atoms with van der Waals surface area (Å²) >= 11 is 0. The summed E-state index contributed by atoms with van der Waals surface area (Å²) in [5, 5.41) is 0. The fraction of sp³-hybridized carbons (Fsp3) is 0.727. The first kappa shape index (κ1) is 18.8. The van der Waals surface area contributed by atoms with Crippen molar-refractivity contribution >= 4 is 0 Å². The number of rotatable bonds is 6. The van der Waals surface area contributed by atoms with E-state index in [1.807, 2.05) is 0 Å². The second-order valence-corrected chi connectivity index (χ2v) is 8.14. The van der Waals surface area contributed by atoms with Gasteiger partial charge in [-0.15, -0.1) is 0 Å². The van der Waals surface area contributed by atoms with E-state index in [9.17, 15) is 8.78 Å². The summed E-state index contributed by atoms with van der Waals surface area (Å²) in [6, 6.07) is 3.53. The molecule has 25 heavy (non-hydrogen) atoms. The van der Waals surface area contributed by atoms with Crippen molar-refractivity contribution < 1.29 is 13.5 Å². The molecule has 2 aliphatic rings. The summed E-state index contributed by atoms with van der Waals surface area (Å²) in [6.07, 6.45) is 10.6. The van der Waals surface area contributed by atoms with Gasteiger partial charge in [-0.25, -0.2) is 8.78 Å². The highest BCUT2D eigenvalue weighted by molar-refractivity contribution is 5.28. The maximum atomic E-state index is 14.3. The molecule has 0 N–H and O–H groups in total. The highest BCUT2D eigenvalue weighted by atomic mass is 19.2. The van der Waals surface area contributed by atoms with Crippen LogP contribution in [0, 0.1) is 30.4 Å². The predicted molar refractivity (Wildman–Crippen MR) is 97.8 cm³/mol. The third kappa shape index (κ3) is 4.42. The van der Waals surface area contributed by atoms with Crippen LogP contribution in [0.4, 0.5) is 8.78 Å². The van der Waals surface area contributed by atoms with Gasteiger partial charge in [-0.2, -0.15) is 0 Å². The van der Waals surface area contributed by atoms with Crippen LogP contribution in [0.5, 0.6) is 0 Å². The fourth-order valence-corrected chi connectivity index (χ4v) is 4.86. The van der Waals surface area contributed by atoms with Gasteiger partial charge in [-0.05, 0) is 80.8 Å². The van der Waals surface area contributed by atoms with E-state index in [-0.39, 0.29) is 5.92 Å². The molecule has 1 aromatic carbocycles. The standard InChI is InChI=1S/C22H32F2O/c1-3-4-5-12-25-19-10-9-16-13-18(8-7-17(16)14-19)20-11-6-15(2)21(23)22(20)24/h6,11,16-19H,3-5,7-10,12-14H2,1-2H3. The van der Waals surface area contributed by atoms with Gasteiger partial charge in [0.2, 0.25) is 0 Å². The average Bonchev–Trinajstić information content (AvgIpc) is 2.63. The van der Waals surface area contributed by atoms with E-state index in [0.717, 1.165) is 38.7 Å². The molecule has 4 unspecified atom stereocenters. The monoisotopic (exact) mass is 350 g/mol. The first-order valence-electron chi connectivity index (χ1n) is 10.2. The molecule has 3 heteroatoms. The van der Waals surface area contributed by atoms with Crippen LogP contribution in [-0.4, -0.2) is 12.7 Å². The highest BCUT2D eigenvalue weighted by Gasteiger charge is 2.37. The van der Waals surface area contributed by atoms with Crippen LogP contribution >= 0.6 is 0 Å². The Labute approximate surface area is 151 Å². The van der Waals surface area contributed by atoms with Crippen molar-refractivity contribution in [3.8, 4) is 0 Å². The summed E-state index contributed by atoms with van der Waals surface area (Å²) in [5.74, 6) is 0.260. The van der Waals surface area contributed by atoms with Crippen molar-refractivity contribution in [2.24, 2.45) is 11.8 Å². The van der Waals surface area contributed by atoms with Gasteiger partial charge in [-0.3, -0.25) is 0 Å². The number of unbranched alkanes of at least 4 members (excludes halogenated alkanes) is 2. The van der Waals surface area contributed by atoms with E-state index < -0.39 is 11.6 Å². The maximum absolute atomic E-state index is 14.3. The summed E-state index contributed by atoms with van der Waals surface area (Å²) < 4.78 is 34.3. The number of fused-ring (bicyclic) bond motifs is 1. The van der Waals surface area contributed by atoms with Crippen LogP contribution in [0.15, 0.2) is 12.1 Å². The lowest BCUT2D eigenvalue weighted by Gasteiger charge is -2.42. The van der Waals surface area contributed by atoms with Crippen LogP contribution in [0.3, 0.4) is 0 Å². The van der Waals surface area contributed by atoms with Gasteiger partial charge in [-0.1, -0.05) is 31.9 Å². The first-order chi connectivity index (χ1) is 12.1. The third-order valence-electron chi connectivity index (χ3n) is 6.41. The fourth-order valence-electron chi connectivity index (χ4n) is 4.86. The van der Waals surface area contributed by atoms with Crippen LogP contribution in [0.25, 0.3) is 0 Å². The molecule has 0 bridgehead atoms. The van der Waals surface area contributed by atoms with E-state index >= 15 is 0 Å². The minimum absolute atomic E-state index is 0.179. The summed E-state index contributed by atoms with van der Waals surface area (Å²) in [6.45, 7) is 4.74. The molecule has 0 radical (unpaired) electrons. The smallest absolute Gasteiger partial charge is 0.162 e. The zero-order valence-corrected chi connectivity index (χ0v) is 15.7. The van der Waals surface area contributed by atoms with Crippen molar-refractivity contribution in [2.45, 2.75) is 83.7 Å². The lowest BCUT2D eigenvalue weighted by molar-refractivity contribution is -0.0164. The van der Waals surface area contributed by atoms with Gasteiger partial charge < -0.3 is 4.74 Å². The number of halogens is 2. The van der Waals surface area contributed by atoms with E-state index in [1.54, 1.807) is 19.1 Å². The molecule has 0 heterocycles. The lowest BCUT2D eigenvalue weighted by atomic mass is 9.65. The Morgan fingerprint density at radius 3 is 2.52 bits per heavy atom. The minimum atomic E-state index is -0.663. The van der Waals surface area contributed by atoms with Gasteiger partial charge in [0.15, 0.2) is 11.6 Å². The minimum Gasteiger partial charge on any atom is -0.378 e. The third-order valence-corrected chi connectivity index (χ3v) is 6.41. The molecule has 0 aromatic heterocycles. The SMILES string of the molecule is CCCCCOC1CCC2CC(c3ccc(C)c(F)c3F)CCC2C1. The van der Waals surface area contributed by atoms with Gasteiger partial charge in [0.05, 0.1) is 6.10 Å². The Balaban J connectivity index is 1.55. The molecule has 2 saturated carbocycles. The van der Waals surface area contributed by atoms with Gasteiger partial charge in [0.25, 0.3) is 0 Å². The van der Waals surface area contributed by atoms with Crippen molar-refractivity contribution in [1.29, 1.82) is 0 Å². The topological polar surface area (TPSA) is 9.23 Å². The first-order valence-corrected chi connectivity index (χ1v) is 10.2. The van der Waals surface area contributed by atoms with E-state index in [2.05, 4.69) is 6.92 Å². The predicted octanol–water partition coefficient (Wildman–Crippen LogP) is 6.53. The van der Waals surface area contributed by atoms with E-state index in [1.165, 1.54) is 25.7 Å². The molecule has 1 aromatic rings. The van der Waals surface area contributed by atoms with Crippen molar-refractivity contribution in [1.82, 2.24) is 0 Å². The van der Waals surface area contributed by atoms with Crippen LogP contribution in [-0.2, 0) is 4.74 Å². The van der Waals surface area contributed by atoms with Gasteiger partial charge >= 0.3 is 0 Å². The molecule has 1 nitrogen and oxygen atoms in total. The highest BCUT2D eigenvalue weighted by Crippen LogP contribution is 2.47.